The zero-order chi connectivity index (χ0) is 25.0. The number of hydrogen-bond donors (Lipinski definition) is 3. The smallest absolute Gasteiger partial charge is 0.269 e. The predicted octanol–water partition coefficient (Wildman–Crippen LogP) is 3.90. The molecule has 1 aliphatic heterocycles. The molecule has 1 aliphatic carbocycles. The fourth-order valence-electron chi connectivity index (χ4n) is 4.82. The zero-order valence-corrected chi connectivity index (χ0v) is 21.1. The summed E-state index contributed by atoms with van der Waals surface area (Å²) >= 11 is 1.61. The van der Waals surface area contributed by atoms with E-state index in [0.29, 0.717) is 42.4 Å². The van der Waals surface area contributed by atoms with Crippen LogP contribution in [0.3, 0.4) is 0 Å². The van der Waals surface area contributed by atoms with Crippen LogP contribution < -0.4 is 20.7 Å². The Labute approximate surface area is 214 Å². The van der Waals surface area contributed by atoms with E-state index in [1.165, 1.54) is 0 Å². The van der Waals surface area contributed by atoms with Gasteiger partial charge in [0.2, 0.25) is 0 Å². The summed E-state index contributed by atoms with van der Waals surface area (Å²) < 4.78 is 12.7. The molecule has 3 aromatic rings. The highest BCUT2D eigenvalue weighted by atomic mass is 32.1. The maximum absolute atomic E-state index is 11.8. The van der Waals surface area contributed by atoms with E-state index < -0.39 is 5.60 Å². The first-order valence-corrected chi connectivity index (χ1v) is 13.2. The van der Waals surface area contributed by atoms with Crippen LogP contribution in [-0.2, 0) is 9.53 Å². The van der Waals surface area contributed by atoms with E-state index in [1.54, 1.807) is 36.7 Å². The number of ether oxygens (including phenoxy) is 2. The number of nitrogens with zero attached hydrogens (tertiary/aromatic N) is 2. The fourth-order valence-corrected chi connectivity index (χ4v) is 5.79. The maximum Gasteiger partial charge on any atom is 0.269 e. The molecule has 36 heavy (non-hydrogen) atoms. The summed E-state index contributed by atoms with van der Waals surface area (Å²) in [6.45, 7) is 1.28. The molecule has 3 N–H and O–H groups in total. The number of carbonyl (C=O) groups is 2. The van der Waals surface area contributed by atoms with Crippen LogP contribution >= 0.6 is 11.3 Å². The Bertz CT molecular complexity index is 1220. The Hall–Kier alpha value is -3.08. The summed E-state index contributed by atoms with van der Waals surface area (Å²) in [7, 11) is 1.57. The van der Waals surface area contributed by atoms with Gasteiger partial charge in [0.15, 0.2) is 11.4 Å². The van der Waals surface area contributed by atoms with Crippen molar-refractivity contribution in [3.63, 3.8) is 0 Å². The first kappa shape index (κ1) is 24.6. The number of hydrogen-bond acceptors (Lipinski definition) is 9. The van der Waals surface area contributed by atoms with Crippen LogP contribution in [0.1, 0.15) is 49.0 Å². The Morgan fingerprint density at radius 2 is 2.00 bits per heavy atom. The number of anilines is 1. The molecule has 9 nitrogen and oxygen atoms in total. The van der Waals surface area contributed by atoms with E-state index in [-0.39, 0.29) is 5.91 Å². The molecule has 1 amide bonds. The lowest BCUT2D eigenvalue weighted by Crippen LogP contribution is -2.47. The molecule has 2 aromatic heterocycles. The van der Waals surface area contributed by atoms with Crippen molar-refractivity contribution in [2.75, 3.05) is 25.5 Å². The van der Waals surface area contributed by atoms with Crippen LogP contribution in [0.15, 0.2) is 36.5 Å². The SMILES string of the molecule is CNC(=O)c1cc(Oc2ccc3nc(NC4CCC(NCC5(C=O)CCCO5)CC4)sc3c2)ccn1. The monoisotopic (exact) mass is 509 g/mol. The molecule has 0 radical (unpaired) electrons. The minimum atomic E-state index is -0.623. The first-order chi connectivity index (χ1) is 17.6. The minimum Gasteiger partial charge on any atom is -0.457 e. The minimum absolute atomic E-state index is 0.258. The summed E-state index contributed by atoms with van der Waals surface area (Å²) in [6, 6.07) is 9.92. The molecule has 5 rings (SSSR count). The lowest BCUT2D eigenvalue weighted by Gasteiger charge is -2.32. The van der Waals surface area contributed by atoms with E-state index in [9.17, 15) is 9.59 Å². The number of pyridine rings is 1. The van der Waals surface area contributed by atoms with Gasteiger partial charge in [0.05, 0.1) is 10.2 Å². The van der Waals surface area contributed by atoms with Crippen molar-refractivity contribution in [2.45, 2.75) is 56.2 Å². The molecular weight excluding hydrogens is 478 g/mol. The third kappa shape index (κ3) is 5.66. The molecule has 10 heteroatoms. The summed E-state index contributed by atoms with van der Waals surface area (Å²) in [4.78, 5) is 32.1. The van der Waals surface area contributed by atoms with Gasteiger partial charge in [-0.25, -0.2) is 4.98 Å². The summed E-state index contributed by atoms with van der Waals surface area (Å²) in [5.41, 5.74) is 0.602. The number of carbonyl (C=O) groups excluding carboxylic acids is 2. The largest absolute Gasteiger partial charge is 0.457 e. The lowest BCUT2D eigenvalue weighted by molar-refractivity contribution is -0.125. The van der Waals surface area contributed by atoms with E-state index >= 15 is 0 Å². The van der Waals surface area contributed by atoms with E-state index in [4.69, 9.17) is 14.5 Å². The highest BCUT2D eigenvalue weighted by Crippen LogP contribution is 2.33. The van der Waals surface area contributed by atoms with Crippen LogP contribution in [0.25, 0.3) is 10.2 Å². The Morgan fingerprint density at radius 1 is 1.19 bits per heavy atom. The Kier molecular flexibility index (Phi) is 7.45. The molecule has 3 heterocycles. The van der Waals surface area contributed by atoms with Crippen LogP contribution in [-0.4, -0.2) is 60.0 Å². The summed E-state index contributed by atoms with van der Waals surface area (Å²) in [6.07, 6.45) is 8.50. The number of aldehydes is 1. The van der Waals surface area contributed by atoms with Gasteiger partial charge >= 0.3 is 0 Å². The second kappa shape index (κ2) is 10.9. The molecule has 1 aromatic carbocycles. The highest BCUT2D eigenvalue weighted by Gasteiger charge is 2.35. The highest BCUT2D eigenvalue weighted by molar-refractivity contribution is 7.22. The number of thiazole rings is 1. The number of rotatable bonds is 9. The Balaban J connectivity index is 1.15. The summed E-state index contributed by atoms with van der Waals surface area (Å²) in [5, 5.41) is 10.6. The van der Waals surface area contributed by atoms with Gasteiger partial charge in [-0.2, -0.15) is 0 Å². The number of fused-ring (bicyclic) bond motifs is 1. The predicted molar refractivity (Wildman–Crippen MR) is 139 cm³/mol. The van der Waals surface area contributed by atoms with Crippen LogP contribution in [0.5, 0.6) is 11.5 Å². The molecule has 1 atom stereocenters. The van der Waals surface area contributed by atoms with E-state index in [1.807, 2.05) is 18.2 Å². The maximum atomic E-state index is 11.8. The fraction of sp³-hybridized carbons (Fsp3) is 0.462. The first-order valence-electron chi connectivity index (χ1n) is 12.4. The van der Waals surface area contributed by atoms with Gasteiger partial charge in [0.25, 0.3) is 5.91 Å². The van der Waals surface area contributed by atoms with Crippen LogP contribution in [0.4, 0.5) is 5.13 Å². The normalized spacial score (nSPS) is 23.9. The van der Waals surface area contributed by atoms with Gasteiger partial charge in [-0.15, -0.1) is 0 Å². The average Bonchev–Trinajstić information content (AvgIpc) is 3.55. The molecule has 2 aliphatic rings. The van der Waals surface area contributed by atoms with Gasteiger partial charge in [0, 0.05) is 50.6 Å². The van der Waals surface area contributed by atoms with Gasteiger partial charge in [-0.05, 0) is 56.7 Å². The number of amides is 1. The van der Waals surface area contributed by atoms with Gasteiger partial charge < -0.3 is 30.2 Å². The second-order valence-corrected chi connectivity index (χ2v) is 10.4. The van der Waals surface area contributed by atoms with Gasteiger partial charge in [-0.3, -0.25) is 9.78 Å². The molecule has 1 unspecified atom stereocenters. The molecule has 0 bridgehead atoms. The zero-order valence-electron chi connectivity index (χ0n) is 20.3. The van der Waals surface area contributed by atoms with Crippen LogP contribution in [0, 0.1) is 0 Å². The molecular formula is C26H31N5O4S. The second-order valence-electron chi connectivity index (χ2n) is 9.41. The van der Waals surface area contributed by atoms with Gasteiger partial charge in [-0.1, -0.05) is 11.3 Å². The summed E-state index contributed by atoms with van der Waals surface area (Å²) in [5.74, 6) is 0.971. The topological polar surface area (TPSA) is 114 Å². The Morgan fingerprint density at radius 3 is 2.75 bits per heavy atom. The van der Waals surface area contributed by atoms with Crippen LogP contribution in [0.2, 0.25) is 0 Å². The van der Waals surface area contributed by atoms with Crippen molar-refractivity contribution in [1.82, 2.24) is 20.6 Å². The number of nitrogens with one attached hydrogen (secondary N) is 3. The van der Waals surface area contributed by atoms with Crippen molar-refractivity contribution in [3.8, 4) is 11.5 Å². The van der Waals surface area contributed by atoms with E-state index in [2.05, 4.69) is 20.9 Å². The third-order valence-electron chi connectivity index (χ3n) is 6.88. The molecule has 190 valence electrons. The quantitative estimate of drug-likeness (QED) is 0.372. The molecule has 2 fully saturated rings. The van der Waals surface area contributed by atoms with Crippen molar-refractivity contribution < 1.29 is 19.1 Å². The molecule has 0 spiro atoms. The van der Waals surface area contributed by atoms with Crippen molar-refractivity contribution in [1.29, 1.82) is 0 Å². The number of benzene rings is 1. The van der Waals surface area contributed by atoms with E-state index in [0.717, 1.165) is 60.2 Å². The standard InChI is InChI=1S/C26H31N5O4S/c1-27-24(33)22-13-20(9-11-28-22)35-19-7-8-21-23(14-19)36-25(31-21)30-18-5-3-17(4-6-18)29-15-26(16-32)10-2-12-34-26/h7-9,11,13-14,16-18,29H,2-6,10,12,15H2,1H3,(H,27,33)(H,30,31). The average molecular weight is 510 g/mol. The van der Waals surface area contributed by atoms with Gasteiger partial charge in [0.1, 0.15) is 22.8 Å². The lowest BCUT2D eigenvalue weighted by atomic mass is 9.90. The van der Waals surface area contributed by atoms with Crippen molar-refractivity contribution in [3.05, 3.63) is 42.2 Å². The van der Waals surface area contributed by atoms with Crippen molar-refractivity contribution >= 4 is 38.9 Å². The third-order valence-corrected chi connectivity index (χ3v) is 7.83. The molecule has 1 saturated heterocycles. The van der Waals surface area contributed by atoms with Crippen molar-refractivity contribution in [2.24, 2.45) is 0 Å². The molecule has 1 saturated carbocycles. The number of aromatic nitrogens is 2.